The molecule has 6 heteroatoms. The number of carbonyl (C=O) groups is 2. The first-order chi connectivity index (χ1) is 14.7. The number of rotatable bonds is 6. The van der Waals surface area contributed by atoms with Crippen LogP contribution >= 0.6 is 22.7 Å². The molecule has 1 fully saturated rings. The predicted molar refractivity (Wildman–Crippen MR) is 123 cm³/mol. The van der Waals surface area contributed by atoms with Crippen LogP contribution in [-0.2, 0) is 11.2 Å². The van der Waals surface area contributed by atoms with Gasteiger partial charge >= 0.3 is 0 Å². The monoisotopic (exact) mass is 438 g/mol. The van der Waals surface area contributed by atoms with E-state index in [1.165, 1.54) is 16.9 Å². The zero-order valence-electron chi connectivity index (χ0n) is 17.0. The van der Waals surface area contributed by atoms with Crippen LogP contribution in [0.3, 0.4) is 0 Å². The van der Waals surface area contributed by atoms with Crippen LogP contribution in [0.15, 0.2) is 59.3 Å². The standard InChI is InChI=1S/C24H26N2O2S2/c1-2-17-9-11-18(12-10-17)22(20-7-4-14-29-20)25-23(27)19-6-3-13-26(16-19)24(28)21-8-5-15-30-21/h4-5,7-12,14-15,19,22H,2-3,6,13,16H2,1H3,(H,25,27)/t19-,22-/m1/s1. The number of amides is 2. The summed E-state index contributed by atoms with van der Waals surface area (Å²) in [5.74, 6) is -0.121. The van der Waals surface area contributed by atoms with Gasteiger partial charge in [0.15, 0.2) is 0 Å². The van der Waals surface area contributed by atoms with E-state index >= 15 is 0 Å². The van der Waals surface area contributed by atoms with Gasteiger partial charge in [-0.2, -0.15) is 0 Å². The van der Waals surface area contributed by atoms with E-state index in [2.05, 4.69) is 42.6 Å². The third-order valence-corrected chi connectivity index (χ3v) is 7.44. The molecule has 4 nitrogen and oxygen atoms in total. The molecule has 1 aliphatic heterocycles. The summed E-state index contributed by atoms with van der Waals surface area (Å²) < 4.78 is 0. The summed E-state index contributed by atoms with van der Waals surface area (Å²) in [5.41, 5.74) is 2.37. The summed E-state index contributed by atoms with van der Waals surface area (Å²) in [5, 5.41) is 7.23. The molecule has 1 aliphatic rings. The Balaban J connectivity index is 1.48. The van der Waals surface area contributed by atoms with Crippen molar-refractivity contribution in [2.24, 2.45) is 5.92 Å². The van der Waals surface area contributed by atoms with E-state index in [0.29, 0.717) is 13.1 Å². The zero-order valence-corrected chi connectivity index (χ0v) is 18.7. The molecule has 0 radical (unpaired) electrons. The first-order valence-corrected chi connectivity index (χ1v) is 12.2. The molecule has 0 spiro atoms. The Hall–Kier alpha value is -2.44. The molecular formula is C24H26N2O2S2. The number of likely N-dealkylation sites (tertiary alicyclic amines) is 1. The number of hydrogen-bond donors (Lipinski definition) is 1. The summed E-state index contributed by atoms with van der Waals surface area (Å²) in [6, 6.07) is 16.1. The number of thiophene rings is 2. The molecule has 0 saturated carbocycles. The molecule has 1 aromatic carbocycles. The van der Waals surface area contributed by atoms with Crippen LogP contribution in [0.5, 0.6) is 0 Å². The highest BCUT2D eigenvalue weighted by Crippen LogP contribution is 2.28. The van der Waals surface area contributed by atoms with Gasteiger partial charge in [0.2, 0.25) is 5.91 Å². The van der Waals surface area contributed by atoms with E-state index < -0.39 is 0 Å². The van der Waals surface area contributed by atoms with Gasteiger partial charge in [0.1, 0.15) is 0 Å². The number of nitrogens with one attached hydrogen (secondary N) is 1. The van der Waals surface area contributed by atoms with Crippen molar-refractivity contribution in [1.82, 2.24) is 10.2 Å². The van der Waals surface area contributed by atoms with E-state index in [9.17, 15) is 9.59 Å². The van der Waals surface area contributed by atoms with Crippen LogP contribution in [-0.4, -0.2) is 29.8 Å². The summed E-state index contributed by atoms with van der Waals surface area (Å²) in [6.07, 6.45) is 2.66. The first kappa shape index (κ1) is 20.8. The van der Waals surface area contributed by atoms with Crippen LogP contribution in [0.2, 0.25) is 0 Å². The predicted octanol–water partition coefficient (Wildman–Crippen LogP) is 5.13. The molecule has 4 rings (SSSR count). The fourth-order valence-corrected chi connectivity index (χ4v) is 5.41. The van der Waals surface area contributed by atoms with Crippen molar-refractivity contribution in [3.63, 3.8) is 0 Å². The smallest absolute Gasteiger partial charge is 0.263 e. The lowest BCUT2D eigenvalue weighted by Gasteiger charge is -2.32. The van der Waals surface area contributed by atoms with Crippen LogP contribution in [0.4, 0.5) is 0 Å². The molecule has 1 saturated heterocycles. The van der Waals surface area contributed by atoms with Crippen LogP contribution in [0.25, 0.3) is 0 Å². The second kappa shape index (κ2) is 9.58. The number of carbonyl (C=O) groups excluding carboxylic acids is 2. The fraction of sp³-hybridized carbons (Fsp3) is 0.333. The summed E-state index contributed by atoms with van der Waals surface area (Å²) >= 11 is 3.10. The highest BCUT2D eigenvalue weighted by molar-refractivity contribution is 7.12. The minimum atomic E-state index is -0.181. The van der Waals surface area contributed by atoms with Crippen molar-refractivity contribution >= 4 is 34.5 Å². The molecule has 2 aromatic heterocycles. The number of aryl methyl sites for hydroxylation is 1. The van der Waals surface area contributed by atoms with Gasteiger partial charge in [0.05, 0.1) is 16.8 Å². The van der Waals surface area contributed by atoms with Gasteiger partial charge < -0.3 is 10.2 Å². The average Bonchev–Trinajstić information content (AvgIpc) is 3.51. The summed E-state index contributed by atoms with van der Waals surface area (Å²) in [7, 11) is 0. The van der Waals surface area contributed by atoms with E-state index in [0.717, 1.165) is 34.6 Å². The van der Waals surface area contributed by atoms with Gasteiger partial charge in [0, 0.05) is 18.0 Å². The third-order valence-electron chi connectivity index (χ3n) is 5.65. The summed E-state index contributed by atoms with van der Waals surface area (Å²) in [6.45, 7) is 3.34. The molecule has 156 valence electrons. The van der Waals surface area contributed by atoms with Crippen molar-refractivity contribution < 1.29 is 9.59 Å². The van der Waals surface area contributed by atoms with Crippen LogP contribution in [0, 0.1) is 5.92 Å². The van der Waals surface area contributed by atoms with Crippen molar-refractivity contribution in [2.75, 3.05) is 13.1 Å². The second-order valence-corrected chi connectivity index (χ2v) is 9.55. The van der Waals surface area contributed by atoms with Gasteiger partial charge in [-0.25, -0.2) is 0 Å². The quantitative estimate of drug-likeness (QED) is 0.580. The lowest BCUT2D eigenvalue weighted by molar-refractivity contribution is -0.126. The van der Waals surface area contributed by atoms with Gasteiger partial charge in [-0.1, -0.05) is 43.3 Å². The molecule has 3 aromatic rings. The lowest BCUT2D eigenvalue weighted by Crippen LogP contribution is -2.46. The topological polar surface area (TPSA) is 49.4 Å². The largest absolute Gasteiger partial charge is 0.344 e. The van der Waals surface area contributed by atoms with Gasteiger partial charge in [0.25, 0.3) is 5.91 Å². The Kier molecular flexibility index (Phi) is 6.65. The maximum atomic E-state index is 13.2. The van der Waals surface area contributed by atoms with Crippen molar-refractivity contribution in [3.8, 4) is 0 Å². The molecule has 2 atom stereocenters. The zero-order chi connectivity index (χ0) is 20.9. The Morgan fingerprint density at radius 3 is 2.53 bits per heavy atom. The first-order valence-electron chi connectivity index (χ1n) is 10.4. The minimum absolute atomic E-state index is 0.0247. The van der Waals surface area contributed by atoms with Crippen molar-refractivity contribution in [2.45, 2.75) is 32.2 Å². The van der Waals surface area contributed by atoms with Gasteiger partial charge in [-0.15, -0.1) is 22.7 Å². The SMILES string of the molecule is CCc1ccc([C@@H](NC(=O)[C@@H]2CCCN(C(=O)c3cccs3)C2)c2cccs2)cc1. The fourth-order valence-electron chi connectivity index (χ4n) is 3.91. The average molecular weight is 439 g/mol. The Morgan fingerprint density at radius 1 is 1.10 bits per heavy atom. The van der Waals surface area contributed by atoms with Crippen LogP contribution < -0.4 is 5.32 Å². The van der Waals surface area contributed by atoms with E-state index in [-0.39, 0.29) is 23.8 Å². The molecule has 0 bridgehead atoms. The highest BCUT2D eigenvalue weighted by atomic mass is 32.1. The van der Waals surface area contributed by atoms with Crippen LogP contribution in [0.1, 0.15) is 51.5 Å². The summed E-state index contributed by atoms with van der Waals surface area (Å²) in [4.78, 5) is 29.6. The van der Waals surface area contributed by atoms with Crippen molar-refractivity contribution in [1.29, 1.82) is 0 Å². The Morgan fingerprint density at radius 2 is 1.87 bits per heavy atom. The maximum absolute atomic E-state index is 13.2. The Labute approximate surface area is 185 Å². The minimum Gasteiger partial charge on any atom is -0.344 e. The third kappa shape index (κ3) is 4.65. The normalized spacial score (nSPS) is 17.5. The van der Waals surface area contributed by atoms with E-state index in [4.69, 9.17) is 0 Å². The van der Waals surface area contributed by atoms with E-state index in [1.807, 2.05) is 33.9 Å². The maximum Gasteiger partial charge on any atom is 0.263 e. The second-order valence-electron chi connectivity index (χ2n) is 7.62. The van der Waals surface area contributed by atoms with Gasteiger partial charge in [-0.05, 0) is 53.3 Å². The lowest BCUT2D eigenvalue weighted by atomic mass is 9.95. The molecule has 0 unspecified atom stereocenters. The van der Waals surface area contributed by atoms with Crippen molar-refractivity contribution in [3.05, 3.63) is 80.2 Å². The number of piperidine rings is 1. The molecular weight excluding hydrogens is 412 g/mol. The Bertz CT molecular complexity index is 965. The number of nitrogens with zero attached hydrogens (tertiary/aromatic N) is 1. The highest BCUT2D eigenvalue weighted by Gasteiger charge is 2.31. The number of hydrogen-bond acceptors (Lipinski definition) is 4. The van der Waals surface area contributed by atoms with Gasteiger partial charge in [-0.3, -0.25) is 9.59 Å². The molecule has 30 heavy (non-hydrogen) atoms. The number of benzene rings is 1. The molecule has 3 heterocycles. The molecule has 0 aliphatic carbocycles. The molecule has 2 amide bonds. The molecule has 1 N–H and O–H groups in total. The van der Waals surface area contributed by atoms with E-state index in [1.54, 1.807) is 11.3 Å².